The summed E-state index contributed by atoms with van der Waals surface area (Å²) in [6.45, 7) is 7.92. The van der Waals surface area contributed by atoms with Crippen molar-refractivity contribution in [1.29, 1.82) is 0 Å². The number of hydrogen-bond acceptors (Lipinski definition) is 1. The second-order valence-electron chi connectivity index (χ2n) is 5.62. The Morgan fingerprint density at radius 1 is 0.818 bits per heavy atom. The molecule has 22 heavy (non-hydrogen) atoms. The van der Waals surface area contributed by atoms with Gasteiger partial charge in [-0.15, -0.1) is 0 Å². The molecule has 0 heterocycles. The van der Waals surface area contributed by atoms with E-state index in [0.29, 0.717) is 0 Å². The predicted octanol–water partition coefficient (Wildman–Crippen LogP) is 5.84. The van der Waals surface area contributed by atoms with E-state index in [0.717, 1.165) is 33.4 Å². The number of carbonyl (C=O) groups is 1. The van der Waals surface area contributed by atoms with Gasteiger partial charge in [0, 0.05) is 11.1 Å². The van der Waals surface area contributed by atoms with Crippen LogP contribution in [0.15, 0.2) is 77.4 Å². The molecule has 0 unspecified atom stereocenters. The molecule has 2 aromatic carbocycles. The standard InChI is InChI=1S/C21H22O/c1-5-16(4)20(15(2)3)21(22)19-13-11-18(12-14-19)17-9-7-6-8-10-17/h5-14H,1-4H3. The highest BCUT2D eigenvalue weighted by Gasteiger charge is 2.15. The lowest BCUT2D eigenvalue weighted by Crippen LogP contribution is -2.06. The van der Waals surface area contributed by atoms with Crippen LogP contribution in [0.5, 0.6) is 0 Å². The Bertz CT molecular complexity index is 712. The minimum absolute atomic E-state index is 0.0928. The quantitative estimate of drug-likeness (QED) is 0.393. The van der Waals surface area contributed by atoms with E-state index in [2.05, 4.69) is 12.1 Å². The first-order valence-electron chi connectivity index (χ1n) is 7.55. The number of rotatable bonds is 4. The zero-order valence-corrected chi connectivity index (χ0v) is 13.7. The second kappa shape index (κ2) is 7.04. The van der Waals surface area contributed by atoms with Crippen molar-refractivity contribution in [1.82, 2.24) is 0 Å². The Labute approximate surface area is 133 Å². The molecule has 0 fully saturated rings. The minimum Gasteiger partial charge on any atom is -0.289 e. The van der Waals surface area contributed by atoms with Crippen molar-refractivity contribution in [3.8, 4) is 11.1 Å². The summed E-state index contributed by atoms with van der Waals surface area (Å²) < 4.78 is 0. The third kappa shape index (κ3) is 3.43. The van der Waals surface area contributed by atoms with Crippen LogP contribution in [0.1, 0.15) is 38.1 Å². The molecule has 0 atom stereocenters. The zero-order valence-electron chi connectivity index (χ0n) is 13.7. The molecule has 2 aromatic rings. The Morgan fingerprint density at radius 3 is 1.86 bits per heavy atom. The first-order chi connectivity index (χ1) is 10.5. The number of Topliss-reactive ketones (excluding diaryl/α,β-unsaturated/α-hetero) is 1. The molecule has 0 aliphatic carbocycles. The molecule has 0 aromatic heterocycles. The molecular weight excluding hydrogens is 268 g/mol. The summed E-state index contributed by atoms with van der Waals surface area (Å²) in [4.78, 5) is 12.7. The third-order valence-electron chi connectivity index (χ3n) is 3.81. The highest BCUT2D eigenvalue weighted by Crippen LogP contribution is 2.23. The van der Waals surface area contributed by atoms with Gasteiger partial charge in [-0.1, -0.05) is 66.2 Å². The van der Waals surface area contributed by atoms with E-state index in [4.69, 9.17) is 0 Å². The Hall–Kier alpha value is -2.41. The van der Waals surface area contributed by atoms with Crippen LogP contribution >= 0.6 is 0 Å². The molecule has 0 aliphatic heterocycles. The van der Waals surface area contributed by atoms with E-state index < -0.39 is 0 Å². The van der Waals surface area contributed by atoms with E-state index in [-0.39, 0.29) is 5.78 Å². The number of ketones is 1. The molecule has 1 nitrogen and oxygen atoms in total. The summed E-state index contributed by atoms with van der Waals surface area (Å²) in [5, 5.41) is 0. The van der Waals surface area contributed by atoms with Crippen LogP contribution in [0.25, 0.3) is 11.1 Å². The lowest BCUT2D eigenvalue weighted by molar-refractivity contribution is 0.103. The van der Waals surface area contributed by atoms with Crippen molar-refractivity contribution < 1.29 is 4.79 Å². The van der Waals surface area contributed by atoms with Crippen molar-refractivity contribution in [2.45, 2.75) is 27.7 Å². The highest BCUT2D eigenvalue weighted by atomic mass is 16.1. The molecular formula is C21H22O. The zero-order chi connectivity index (χ0) is 16.1. The molecule has 2 rings (SSSR count). The van der Waals surface area contributed by atoms with Gasteiger partial charge >= 0.3 is 0 Å². The highest BCUT2D eigenvalue weighted by molar-refractivity contribution is 6.12. The lowest BCUT2D eigenvalue weighted by atomic mass is 9.93. The topological polar surface area (TPSA) is 17.1 Å². The van der Waals surface area contributed by atoms with Crippen LogP contribution in [0.2, 0.25) is 0 Å². The molecule has 1 heteroatoms. The van der Waals surface area contributed by atoms with Gasteiger partial charge in [-0.05, 0) is 44.4 Å². The van der Waals surface area contributed by atoms with Crippen molar-refractivity contribution >= 4 is 5.78 Å². The molecule has 0 saturated carbocycles. The van der Waals surface area contributed by atoms with Crippen LogP contribution in [-0.4, -0.2) is 5.78 Å². The normalized spacial score (nSPS) is 11.2. The molecule has 0 spiro atoms. The monoisotopic (exact) mass is 290 g/mol. The van der Waals surface area contributed by atoms with Gasteiger partial charge in [0.25, 0.3) is 0 Å². The number of benzene rings is 2. The van der Waals surface area contributed by atoms with Crippen molar-refractivity contribution in [2.24, 2.45) is 0 Å². The van der Waals surface area contributed by atoms with Gasteiger partial charge in [0.05, 0.1) is 0 Å². The first kappa shape index (κ1) is 16.0. The fraction of sp³-hybridized carbons (Fsp3) is 0.190. The second-order valence-corrected chi connectivity index (χ2v) is 5.62. The fourth-order valence-electron chi connectivity index (χ4n) is 2.53. The smallest absolute Gasteiger partial charge is 0.193 e. The molecule has 0 aliphatic rings. The van der Waals surface area contributed by atoms with E-state index in [1.165, 1.54) is 0 Å². The van der Waals surface area contributed by atoms with Gasteiger partial charge in [-0.3, -0.25) is 4.79 Å². The average molecular weight is 290 g/mol. The number of carbonyl (C=O) groups excluding carboxylic acids is 1. The number of hydrogen-bond donors (Lipinski definition) is 0. The molecule has 0 bridgehead atoms. The van der Waals surface area contributed by atoms with Gasteiger partial charge in [-0.25, -0.2) is 0 Å². The summed E-state index contributed by atoms with van der Waals surface area (Å²) in [5.41, 5.74) is 5.91. The summed E-state index contributed by atoms with van der Waals surface area (Å²) >= 11 is 0. The van der Waals surface area contributed by atoms with Crippen LogP contribution in [0.3, 0.4) is 0 Å². The average Bonchev–Trinajstić information content (AvgIpc) is 2.55. The minimum atomic E-state index is 0.0928. The Morgan fingerprint density at radius 2 is 1.36 bits per heavy atom. The maximum atomic E-state index is 12.7. The maximum Gasteiger partial charge on any atom is 0.193 e. The molecule has 0 radical (unpaired) electrons. The predicted molar refractivity (Wildman–Crippen MR) is 94.0 cm³/mol. The first-order valence-corrected chi connectivity index (χ1v) is 7.55. The van der Waals surface area contributed by atoms with Crippen LogP contribution in [0, 0.1) is 0 Å². The molecule has 0 N–H and O–H groups in total. The SMILES string of the molecule is CC=C(C)C(C(=O)c1ccc(-c2ccccc2)cc1)=C(C)C. The van der Waals surface area contributed by atoms with E-state index in [1.54, 1.807) is 0 Å². The van der Waals surface area contributed by atoms with E-state index in [9.17, 15) is 4.79 Å². The summed E-state index contributed by atoms with van der Waals surface area (Å²) in [5.74, 6) is 0.0928. The fourth-order valence-corrected chi connectivity index (χ4v) is 2.53. The third-order valence-corrected chi connectivity index (χ3v) is 3.81. The van der Waals surface area contributed by atoms with Crippen molar-refractivity contribution in [3.05, 3.63) is 83.0 Å². The van der Waals surface area contributed by atoms with Crippen LogP contribution < -0.4 is 0 Å². The summed E-state index contributed by atoms with van der Waals surface area (Å²) in [6.07, 6.45) is 1.98. The Kier molecular flexibility index (Phi) is 5.11. The van der Waals surface area contributed by atoms with Gasteiger partial charge in [0.1, 0.15) is 0 Å². The molecule has 0 saturated heterocycles. The van der Waals surface area contributed by atoms with Crippen LogP contribution in [0.4, 0.5) is 0 Å². The van der Waals surface area contributed by atoms with Gasteiger partial charge in [-0.2, -0.15) is 0 Å². The summed E-state index contributed by atoms with van der Waals surface area (Å²) in [7, 11) is 0. The van der Waals surface area contributed by atoms with Crippen molar-refractivity contribution in [3.63, 3.8) is 0 Å². The lowest BCUT2D eigenvalue weighted by Gasteiger charge is -2.10. The maximum absolute atomic E-state index is 12.7. The van der Waals surface area contributed by atoms with Gasteiger partial charge < -0.3 is 0 Å². The summed E-state index contributed by atoms with van der Waals surface area (Å²) in [6, 6.07) is 18.0. The van der Waals surface area contributed by atoms with Gasteiger partial charge in [0.2, 0.25) is 0 Å². The Balaban J connectivity index is 2.35. The molecule has 0 amide bonds. The van der Waals surface area contributed by atoms with E-state index >= 15 is 0 Å². The number of allylic oxidation sites excluding steroid dienone is 4. The van der Waals surface area contributed by atoms with E-state index in [1.807, 2.05) is 76.2 Å². The largest absolute Gasteiger partial charge is 0.289 e. The van der Waals surface area contributed by atoms with Crippen molar-refractivity contribution in [2.75, 3.05) is 0 Å². The molecule has 112 valence electrons. The van der Waals surface area contributed by atoms with Gasteiger partial charge in [0.15, 0.2) is 5.78 Å². The van der Waals surface area contributed by atoms with Crippen LogP contribution in [-0.2, 0) is 0 Å².